The fourth-order valence-electron chi connectivity index (χ4n) is 2.02. The van der Waals surface area contributed by atoms with Crippen LogP contribution in [0.5, 0.6) is 0 Å². The maximum absolute atomic E-state index is 13.7. The molecule has 0 saturated carbocycles. The molecular formula is C16H16FNO2. The zero-order chi connectivity index (χ0) is 14.5. The summed E-state index contributed by atoms with van der Waals surface area (Å²) in [5.41, 5.74) is 2.87. The first-order chi connectivity index (χ1) is 9.56. The molecule has 0 spiro atoms. The topological polar surface area (TPSA) is 49.3 Å². The minimum Gasteiger partial charge on any atom is -0.481 e. The van der Waals surface area contributed by atoms with Crippen LogP contribution in [0.25, 0.3) is 0 Å². The van der Waals surface area contributed by atoms with Crippen molar-refractivity contribution in [3.05, 3.63) is 65.0 Å². The Morgan fingerprint density at radius 3 is 2.55 bits per heavy atom. The average Bonchev–Trinajstić information content (AvgIpc) is 2.39. The van der Waals surface area contributed by atoms with Crippen LogP contribution in [-0.2, 0) is 17.8 Å². The maximum Gasteiger partial charge on any atom is 0.307 e. The van der Waals surface area contributed by atoms with Crippen LogP contribution in [0.1, 0.15) is 16.7 Å². The molecule has 2 aromatic carbocycles. The molecule has 104 valence electrons. The molecule has 2 aromatic rings. The third-order valence-corrected chi connectivity index (χ3v) is 3.05. The second-order valence-electron chi connectivity index (χ2n) is 4.68. The average molecular weight is 273 g/mol. The van der Waals surface area contributed by atoms with Crippen molar-refractivity contribution in [2.45, 2.75) is 19.9 Å². The van der Waals surface area contributed by atoms with Crippen LogP contribution in [0.3, 0.4) is 0 Å². The molecule has 0 fully saturated rings. The Morgan fingerprint density at radius 1 is 1.20 bits per heavy atom. The van der Waals surface area contributed by atoms with Gasteiger partial charge in [-0.25, -0.2) is 4.39 Å². The van der Waals surface area contributed by atoms with E-state index in [0.717, 1.165) is 16.7 Å². The number of anilines is 1. The molecule has 0 aliphatic carbocycles. The minimum absolute atomic E-state index is 0.0335. The van der Waals surface area contributed by atoms with Crippen molar-refractivity contribution >= 4 is 11.7 Å². The number of hydrogen-bond acceptors (Lipinski definition) is 2. The van der Waals surface area contributed by atoms with Gasteiger partial charge in [0.1, 0.15) is 5.82 Å². The lowest BCUT2D eigenvalue weighted by atomic mass is 10.0. The van der Waals surface area contributed by atoms with Crippen molar-refractivity contribution in [2.24, 2.45) is 0 Å². The quantitative estimate of drug-likeness (QED) is 0.878. The SMILES string of the molecule is Cc1ccc(NCc2ccccc2CC(=O)O)c(F)c1. The van der Waals surface area contributed by atoms with E-state index in [1.165, 1.54) is 6.07 Å². The highest BCUT2D eigenvalue weighted by Gasteiger charge is 2.07. The fraction of sp³-hybridized carbons (Fsp3) is 0.188. The first-order valence-corrected chi connectivity index (χ1v) is 6.35. The molecule has 0 saturated heterocycles. The monoisotopic (exact) mass is 273 g/mol. The number of aliphatic carboxylic acids is 1. The summed E-state index contributed by atoms with van der Waals surface area (Å²) in [5.74, 6) is -1.18. The maximum atomic E-state index is 13.7. The summed E-state index contributed by atoms with van der Waals surface area (Å²) >= 11 is 0. The van der Waals surface area contributed by atoms with Crippen LogP contribution in [0, 0.1) is 12.7 Å². The Hall–Kier alpha value is -2.36. The number of carboxylic acids is 1. The van der Waals surface area contributed by atoms with Crippen molar-refractivity contribution in [1.29, 1.82) is 0 Å². The summed E-state index contributed by atoms with van der Waals surface area (Å²) in [5, 5.41) is 11.9. The molecule has 0 heterocycles. The van der Waals surface area contributed by atoms with Crippen LogP contribution < -0.4 is 5.32 Å². The molecule has 4 heteroatoms. The molecule has 0 aromatic heterocycles. The molecule has 0 unspecified atom stereocenters. The van der Waals surface area contributed by atoms with Crippen LogP contribution in [0.4, 0.5) is 10.1 Å². The van der Waals surface area contributed by atoms with Gasteiger partial charge in [0.2, 0.25) is 0 Å². The number of hydrogen-bond donors (Lipinski definition) is 2. The third kappa shape index (κ3) is 3.57. The Labute approximate surface area is 117 Å². The standard InChI is InChI=1S/C16H16FNO2/c1-11-6-7-15(14(17)8-11)18-10-13-5-3-2-4-12(13)9-16(19)20/h2-8,18H,9-10H2,1H3,(H,19,20). The van der Waals surface area contributed by atoms with Crippen molar-refractivity contribution in [2.75, 3.05) is 5.32 Å². The zero-order valence-electron chi connectivity index (χ0n) is 11.2. The largest absolute Gasteiger partial charge is 0.481 e. The van der Waals surface area contributed by atoms with Gasteiger partial charge in [-0.1, -0.05) is 30.3 Å². The van der Waals surface area contributed by atoms with Crippen molar-refractivity contribution < 1.29 is 14.3 Å². The molecule has 0 aliphatic rings. The van der Waals surface area contributed by atoms with Crippen molar-refractivity contribution in [3.63, 3.8) is 0 Å². The van der Waals surface area contributed by atoms with E-state index in [1.807, 2.05) is 25.1 Å². The molecule has 0 aliphatic heterocycles. The van der Waals surface area contributed by atoms with Crippen LogP contribution >= 0.6 is 0 Å². The number of carboxylic acid groups (broad SMARTS) is 1. The van der Waals surface area contributed by atoms with Crippen molar-refractivity contribution in [3.8, 4) is 0 Å². The lowest BCUT2D eigenvalue weighted by molar-refractivity contribution is -0.136. The molecule has 2 rings (SSSR count). The summed E-state index contributed by atoms with van der Waals surface area (Å²) < 4.78 is 13.7. The van der Waals surface area contributed by atoms with E-state index >= 15 is 0 Å². The number of halogens is 1. The van der Waals surface area contributed by atoms with Gasteiger partial charge >= 0.3 is 5.97 Å². The Morgan fingerprint density at radius 2 is 1.90 bits per heavy atom. The molecule has 0 radical (unpaired) electrons. The molecule has 0 bridgehead atoms. The number of nitrogens with one attached hydrogen (secondary N) is 1. The number of aryl methyl sites for hydroxylation is 1. The Balaban J connectivity index is 2.12. The molecule has 0 amide bonds. The Kier molecular flexibility index (Phi) is 4.35. The van der Waals surface area contributed by atoms with Gasteiger partial charge in [0.25, 0.3) is 0 Å². The van der Waals surface area contributed by atoms with Gasteiger partial charge in [0.15, 0.2) is 0 Å². The second kappa shape index (κ2) is 6.19. The van der Waals surface area contributed by atoms with E-state index in [4.69, 9.17) is 5.11 Å². The minimum atomic E-state index is -0.876. The summed E-state index contributed by atoms with van der Waals surface area (Å²) in [7, 11) is 0. The fourth-order valence-corrected chi connectivity index (χ4v) is 2.02. The first kappa shape index (κ1) is 14.1. The number of carbonyl (C=O) groups is 1. The van der Waals surface area contributed by atoms with E-state index in [-0.39, 0.29) is 12.2 Å². The van der Waals surface area contributed by atoms with Gasteiger partial charge in [0.05, 0.1) is 12.1 Å². The highest BCUT2D eigenvalue weighted by molar-refractivity contribution is 5.70. The predicted octanol–water partition coefficient (Wildman–Crippen LogP) is 3.37. The van der Waals surface area contributed by atoms with E-state index in [2.05, 4.69) is 5.32 Å². The lowest BCUT2D eigenvalue weighted by Gasteiger charge is -2.11. The van der Waals surface area contributed by atoms with Gasteiger partial charge in [-0.05, 0) is 35.7 Å². The summed E-state index contributed by atoms with van der Waals surface area (Å²) in [6, 6.07) is 12.2. The first-order valence-electron chi connectivity index (χ1n) is 6.35. The molecule has 3 nitrogen and oxygen atoms in total. The third-order valence-electron chi connectivity index (χ3n) is 3.05. The van der Waals surface area contributed by atoms with E-state index in [9.17, 15) is 9.18 Å². The normalized spacial score (nSPS) is 10.3. The summed E-state index contributed by atoms with van der Waals surface area (Å²) in [6.07, 6.45) is -0.0335. The van der Waals surface area contributed by atoms with Gasteiger partial charge in [-0.15, -0.1) is 0 Å². The highest BCUT2D eigenvalue weighted by atomic mass is 19.1. The van der Waals surface area contributed by atoms with Gasteiger partial charge in [-0.2, -0.15) is 0 Å². The van der Waals surface area contributed by atoms with Crippen molar-refractivity contribution in [1.82, 2.24) is 0 Å². The smallest absolute Gasteiger partial charge is 0.307 e. The zero-order valence-corrected chi connectivity index (χ0v) is 11.2. The Bertz CT molecular complexity index is 626. The van der Waals surface area contributed by atoms with E-state index in [0.29, 0.717) is 12.2 Å². The van der Waals surface area contributed by atoms with E-state index < -0.39 is 5.97 Å². The number of rotatable bonds is 5. The van der Waals surface area contributed by atoms with Gasteiger partial charge in [-0.3, -0.25) is 4.79 Å². The van der Waals surface area contributed by atoms with E-state index in [1.54, 1.807) is 18.2 Å². The molecule has 2 N–H and O–H groups in total. The van der Waals surface area contributed by atoms with Crippen LogP contribution in [-0.4, -0.2) is 11.1 Å². The molecular weight excluding hydrogens is 257 g/mol. The van der Waals surface area contributed by atoms with Crippen LogP contribution in [0.15, 0.2) is 42.5 Å². The summed E-state index contributed by atoms with van der Waals surface area (Å²) in [6.45, 7) is 2.22. The molecule has 20 heavy (non-hydrogen) atoms. The number of benzene rings is 2. The van der Waals surface area contributed by atoms with Gasteiger partial charge in [0, 0.05) is 6.54 Å². The lowest BCUT2D eigenvalue weighted by Crippen LogP contribution is -2.08. The predicted molar refractivity (Wildman–Crippen MR) is 76.2 cm³/mol. The summed E-state index contributed by atoms with van der Waals surface area (Å²) in [4.78, 5) is 10.8. The second-order valence-corrected chi connectivity index (χ2v) is 4.68. The van der Waals surface area contributed by atoms with Crippen LogP contribution in [0.2, 0.25) is 0 Å². The molecule has 0 atom stereocenters. The van der Waals surface area contributed by atoms with Gasteiger partial charge < -0.3 is 10.4 Å². The highest BCUT2D eigenvalue weighted by Crippen LogP contribution is 2.17.